The number of nitrogens with one attached hydrogen (secondary N) is 2. The molecule has 0 aromatic heterocycles. The SMILES string of the molecule is Cc1cc(OCC(=O)NNC(=O)c2ccccc2OCCc2ccccc2)ccc1Br. The normalized spacial score (nSPS) is 10.3. The molecular weight excluding hydrogens is 460 g/mol. The minimum Gasteiger partial charge on any atom is -0.492 e. The lowest BCUT2D eigenvalue weighted by molar-refractivity contribution is -0.123. The van der Waals surface area contributed by atoms with E-state index in [1.165, 1.54) is 0 Å². The molecule has 0 aliphatic carbocycles. The van der Waals surface area contributed by atoms with E-state index in [1.54, 1.807) is 30.3 Å². The quantitative estimate of drug-likeness (QED) is 0.471. The summed E-state index contributed by atoms with van der Waals surface area (Å²) in [6.45, 7) is 2.13. The van der Waals surface area contributed by atoms with Crippen LogP contribution in [0.5, 0.6) is 11.5 Å². The Morgan fingerprint density at radius 2 is 1.65 bits per heavy atom. The molecule has 0 bridgehead atoms. The molecule has 0 aliphatic rings. The smallest absolute Gasteiger partial charge is 0.276 e. The van der Waals surface area contributed by atoms with Gasteiger partial charge in [0.15, 0.2) is 6.61 Å². The Morgan fingerprint density at radius 3 is 2.42 bits per heavy atom. The van der Waals surface area contributed by atoms with Crippen molar-refractivity contribution in [2.45, 2.75) is 13.3 Å². The van der Waals surface area contributed by atoms with E-state index in [0.29, 0.717) is 23.7 Å². The van der Waals surface area contributed by atoms with E-state index in [-0.39, 0.29) is 6.61 Å². The van der Waals surface area contributed by atoms with Gasteiger partial charge in [0, 0.05) is 10.9 Å². The number of aryl methyl sites for hydroxylation is 1. The van der Waals surface area contributed by atoms with Crippen molar-refractivity contribution in [2.24, 2.45) is 0 Å². The molecule has 0 unspecified atom stereocenters. The number of carbonyl (C=O) groups excluding carboxylic acids is 2. The summed E-state index contributed by atoms with van der Waals surface area (Å²) in [5.74, 6) is 0.0747. The maximum Gasteiger partial charge on any atom is 0.276 e. The zero-order chi connectivity index (χ0) is 22.1. The van der Waals surface area contributed by atoms with E-state index in [1.807, 2.05) is 49.4 Å². The van der Waals surface area contributed by atoms with Crippen molar-refractivity contribution in [3.63, 3.8) is 0 Å². The van der Waals surface area contributed by atoms with Crippen molar-refractivity contribution in [1.29, 1.82) is 0 Å². The van der Waals surface area contributed by atoms with Crippen molar-refractivity contribution in [2.75, 3.05) is 13.2 Å². The molecule has 0 atom stereocenters. The van der Waals surface area contributed by atoms with E-state index in [9.17, 15) is 9.59 Å². The molecule has 0 heterocycles. The summed E-state index contributed by atoms with van der Waals surface area (Å²) in [5, 5.41) is 0. The maximum absolute atomic E-state index is 12.5. The summed E-state index contributed by atoms with van der Waals surface area (Å²) >= 11 is 3.41. The maximum atomic E-state index is 12.5. The van der Waals surface area contributed by atoms with Crippen LogP contribution in [0.2, 0.25) is 0 Å². The molecule has 0 aliphatic heterocycles. The Labute approximate surface area is 189 Å². The van der Waals surface area contributed by atoms with Gasteiger partial charge in [-0.3, -0.25) is 20.4 Å². The van der Waals surface area contributed by atoms with Crippen molar-refractivity contribution in [1.82, 2.24) is 10.9 Å². The van der Waals surface area contributed by atoms with Gasteiger partial charge in [0.1, 0.15) is 11.5 Å². The summed E-state index contributed by atoms with van der Waals surface area (Å²) in [4.78, 5) is 24.5. The Kier molecular flexibility index (Phi) is 8.06. The van der Waals surface area contributed by atoms with Crippen LogP contribution in [0.25, 0.3) is 0 Å². The molecule has 3 aromatic carbocycles. The van der Waals surface area contributed by atoms with Gasteiger partial charge in [-0.05, 0) is 48.4 Å². The summed E-state index contributed by atoms with van der Waals surface area (Å²) in [6.07, 6.45) is 0.723. The van der Waals surface area contributed by atoms with Gasteiger partial charge in [0.05, 0.1) is 12.2 Å². The second-order valence-electron chi connectivity index (χ2n) is 6.78. The predicted molar refractivity (Wildman–Crippen MR) is 122 cm³/mol. The number of benzene rings is 3. The molecule has 160 valence electrons. The fraction of sp³-hybridized carbons (Fsp3) is 0.167. The number of hydrogen-bond donors (Lipinski definition) is 2. The summed E-state index contributed by atoms with van der Waals surface area (Å²) in [6, 6.07) is 22.3. The fourth-order valence-corrected chi connectivity index (χ4v) is 3.04. The third-order valence-corrected chi connectivity index (χ3v) is 5.33. The van der Waals surface area contributed by atoms with Gasteiger partial charge < -0.3 is 9.47 Å². The highest BCUT2D eigenvalue weighted by Crippen LogP contribution is 2.21. The van der Waals surface area contributed by atoms with Crippen LogP contribution in [0, 0.1) is 6.92 Å². The number of amides is 2. The summed E-state index contributed by atoms with van der Waals surface area (Å²) in [5.41, 5.74) is 7.24. The number of halogens is 1. The number of hydrazine groups is 1. The van der Waals surface area contributed by atoms with E-state index in [4.69, 9.17) is 9.47 Å². The van der Waals surface area contributed by atoms with Crippen LogP contribution >= 0.6 is 15.9 Å². The zero-order valence-electron chi connectivity index (χ0n) is 17.1. The molecule has 0 radical (unpaired) electrons. The van der Waals surface area contributed by atoms with Gasteiger partial charge in [0.25, 0.3) is 11.8 Å². The molecule has 31 heavy (non-hydrogen) atoms. The van der Waals surface area contributed by atoms with Gasteiger partial charge in [-0.25, -0.2) is 0 Å². The van der Waals surface area contributed by atoms with Crippen molar-refractivity contribution in [3.8, 4) is 11.5 Å². The Balaban J connectivity index is 1.48. The fourth-order valence-electron chi connectivity index (χ4n) is 2.79. The van der Waals surface area contributed by atoms with Crippen LogP contribution in [0.4, 0.5) is 0 Å². The van der Waals surface area contributed by atoms with Crippen LogP contribution in [0.1, 0.15) is 21.5 Å². The highest BCUT2D eigenvalue weighted by atomic mass is 79.9. The molecule has 6 nitrogen and oxygen atoms in total. The standard InChI is InChI=1S/C24H23BrN2O4/c1-17-15-19(11-12-21(17)25)31-16-23(28)26-27-24(29)20-9-5-6-10-22(20)30-14-13-18-7-3-2-4-8-18/h2-12,15H,13-14,16H2,1H3,(H,26,28)(H,27,29). The summed E-state index contributed by atoms with van der Waals surface area (Å²) < 4.78 is 12.2. The molecule has 2 amide bonds. The second kappa shape index (κ2) is 11.2. The van der Waals surface area contributed by atoms with E-state index in [2.05, 4.69) is 26.8 Å². The summed E-state index contributed by atoms with van der Waals surface area (Å²) in [7, 11) is 0. The minimum atomic E-state index is -0.476. The second-order valence-corrected chi connectivity index (χ2v) is 7.64. The predicted octanol–water partition coefficient (Wildman–Crippen LogP) is 4.22. The first kappa shape index (κ1) is 22.4. The Hall–Kier alpha value is -3.32. The van der Waals surface area contributed by atoms with Crippen LogP contribution in [-0.4, -0.2) is 25.0 Å². The molecule has 0 fully saturated rings. The monoisotopic (exact) mass is 482 g/mol. The Morgan fingerprint density at radius 1 is 0.903 bits per heavy atom. The van der Waals surface area contributed by atoms with Crippen molar-refractivity contribution >= 4 is 27.7 Å². The Bertz CT molecular complexity index is 1040. The van der Waals surface area contributed by atoms with Crippen LogP contribution in [-0.2, 0) is 11.2 Å². The topological polar surface area (TPSA) is 76.7 Å². The average molecular weight is 483 g/mol. The van der Waals surface area contributed by atoms with Crippen LogP contribution in [0.3, 0.4) is 0 Å². The van der Waals surface area contributed by atoms with Gasteiger partial charge in [-0.1, -0.05) is 58.4 Å². The molecule has 7 heteroatoms. The van der Waals surface area contributed by atoms with E-state index >= 15 is 0 Å². The van der Waals surface area contributed by atoms with E-state index < -0.39 is 11.8 Å². The lowest BCUT2D eigenvalue weighted by Gasteiger charge is -2.13. The minimum absolute atomic E-state index is 0.226. The molecule has 0 saturated carbocycles. The lowest BCUT2D eigenvalue weighted by atomic mass is 10.1. The number of carbonyl (C=O) groups is 2. The van der Waals surface area contributed by atoms with Gasteiger partial charge in [-0.2, -0.15) is 0 Å². The highest BCUT2D eigenvalue weighted by Gasteiger charge is 2.13. The average Bonchev–Trinajstić information content (AvgIpc) is 2.79. The molecule has 2 N–H and O–H groups in total. The number of para-hydroxylation sites is 1. The first-order valence-corrected chi connectivity index (χ1v) is 10.6. The zero-order valence-corrected chi connectivity index (χ0v) is 18.6. The van der Waals surface area contributed by atoms with Gasteiger partial charge >= 0.3 is 0 Å². The molecular formula is C24H23BrN2O4. The van der Waals surface area contributed by atoms with E-state index in [0.717, 1.165) is 22.0 Å². The third kappa shape index (κ3) is 6.86. The molecule has 3 aromatic rings. The van der Waals surface area contributed by atoms with Crippen molar-refractivity contribution < 1.29 is 19.1 Å². The number of ether oxygens (including phenoxy) is 2. The van der Waals surface area contributed by atoms with Gasteiger partial charge in [0.2, 0.25) is 0 Å². The first-order valence-electron chi connectivity index (χ1n) is 9.77. The molecule has 3 rings (SSSR count). The number of hydrogen-bond acceptors (Lipinski definition) is 4. The highest BCUT2D eigenvalue weighted by molar-refractivity contribution is 9.10. The third-order valence-electron chi connectivity index (χ3n) is 4.44. The lowest BCUT2D eigenvalue weighted by Crippen LogP contribution is -2.43. The molecule has 0 spiro atoms. The van der Waals surface area contributed by atoms with Crippen LogP contribution in [0.15, 0.2) is 77.3 Å². The van der Waals surface area contributed by atoms with Gasteiger partial charge in [-0.15, -0.1) is 0 Å². The van der Waals surface area contributed by atoms with Crippen LogP contribution < -0.4 is 20.3 Å². The first-order chi connectivity index (χ1) is 15.0. The number of rotatable bonds is 8. The molecule has 0 saturated heterocycles. The largest absolute Gasteiger partial charge is 0.492 e. The van der Waals surface area contributed by atoms with Crippen molar-refractivity contribution in [3.05, 3.63) is 94.0 Å².